The molecule has 2 heterocycles. The number of unbranched alkanes of at least 4 members (excludes halogenated alkanes) is 1. The number of thioether (sulfide) groups is 1. The molecule has 0 aromatic heterocycles. The molecule has 2 aliphatic heterocycles. The van der Waals surface area contributed by atoms with Crippen molar-refractivity contribution >= 4 is 46.3 Å². The molecule has 0 spiro atoms. The van der Waals surface area contributed by atoms with E-state index in [1.165, 1.54) is 16.3 Å². The van der Waals surface area contributed by atoms with Gasteiger partial charge < -0.3 is 32.7 Å². The molecular weight excluding hydrogens is 512 g/mol. The summed E-state index contributed by atoms with van der Waals surface area (Å²) in [5.41, 5.74) is 23.0. The summed E-state index contributed by atoms with van der Waals surface area (Å²) in [7, 11) is 0. The number of nitrogens with zero attached hydrogens (tertiary/aromatic N) is 4. The number of aliphatic imine (C=N–C) groups is 2. The molecule has 10 nitrogen and oxygen atoms in total. The van der Waals surface area contributed by atoms with E-state index in [1.54, 1.807) is 11.8 Å². The monoisotopic (exact) mass is 552 g/mol. The average molecular weight is 553 g/mol. The number of rotatable bonds is 12. The Morgan fingerprint density at radius 1 is 0.872 bits per heavy atom. The fourth-order valence-corrected chi connectivity index (χ4v) is 6.83. The molecule has 39 heavy (non-hydrogen) atoms. The van der Waals surface area contributed by atoms with Crippen molar-refractivity contribution in [1.29, 1.82) is 0 Å². The highest BCUT2D eigenvalue weighted by Gasteiger charge is 2.47. The number of guanidine groups is 2. The normalized spacial score (nSPS) is 21.1. The lowest BCUT2D eigenvalue weighted by Gasteiger charge is -2.49. The van der Waals surface area contributed by atoms with Crippen LogP contribution in [0.4, 0.5) is 0 Å². The van der Waals surface area contributed by atoms with Gasteiger partial charge in [0.25, 0.3) is 0 Å². The Labute approximate surface area is 234 Å². The second-order valence-electron chi connectivity index (χ2n) is 10.2. The number of hydrogen-bond donors (Lipinski definition) is 4. The molecule has 0 unspecified atom stereocenters. The zero-order valence-electron chi connectivity index (χ0n) is 22.4. The Morgan fingerprint density at radius 2 is 1.59 bits per heavy atom. The van der Waals surface area contributed by atoms with Crippen molar-refractivity contribution in [1.82, 2.24) is 9.80 Å². The molecule has 2 aromatic rings. The molecule has 210 valence electrons. The molecular formula is C28H40N8O2S. The number of hydrogen-bond acceptors (Lipinski definition) is 5. The zero-order chi connectivity index (χ0) is 27.8. The van der Waals surface area contributed by atoms with Gasteiger partial charge >= 0.3 is 0 Å². The van der Waals surface area contributed by atoms with E-state index < -0.39 is 6.04 Å². The molecule has 0 bridgehead atoms. The summed E-state index contributed by atoms with van der Waals surface area (Å²) in [5, 5.41) is 2.36. The highest BCUT2D eigenvalue weighted by atomic mass is 32.2. The Hall–Kier alpha value is -3.47. The van der Waals surface area contributed by atoms with Gasteiger partial charge in [0.05, 0.1) is 11.9 Å². The zero-order valence-corrected chi connectivity index (χ0v) is 23.2. The first-order chi connectivity index (χ1) is 18.8. The topological polar surface area (TPSA) is 169 Å². The van der Waals surface area contributed by atoms with E-state index in [1.807, 2.05) is 21.9 Å². The molecule has 2 aromatic carbocycles. The summed E-state index contributed by atoms with van der Waals surface area (Å²) < 4.78 is 0. The fraction of sp³-hybridized carbons (Fsp3) is 0.500. The first-order valence-corrected chi connectivity index (χ1v) is 14.7. The van der Waals surface area contributed by atoms with Gasteiger partial charge in [-0.1, -0.05) is 48.9 Å². The van der Waals surface area contributed by atoms with E-state index >= 15 is 0 Å². The Morgan fingerprint density at radius 3 is 2.33 bits per heavy atom. The van der Waals surface area contributed by atoms with Crippen LogP contribution in [0.2, 0.25) is 0 Å². The third kappa shape index (κ3) is 7.56. The predicted molar refractivity (Wildman–Crippen MR) is 159 cm³/mol. The molecule has 2 amide bonds. The number of amides is 2. The smallest absolute Gasteiger partial charge is 0.245 e. The summed E-state index contributed by atoms with van der Waals surface area (Å²) in [6, 6.07) is 14.2. The molecule has 8 N–H and O–H groups in total. The van der Waals surface area contributed by atoms with E-state index in [-0.39, 0.29) is 35.0 Å². The van der Waals surface area contributed by atoms with E-state index in [4.69, 9.17) is 22.9 Å². The SMILES string of the molecule is NC(N)=NCCCC[C@H]1CS[C@H]2CN(CCc3ccc4ccccc4c3)C(=O)[C@H](CCCN=C(N)N)N2C1=O. The Bertz CT molecular complexity index is 1210. The van der Waals surface area contributed by atoms with Gasteiger partial charge in [0.15, 0.2) is 11.9 Å². The number of carbonyl (C=O) groups is 2. The molecule has 11 heteroatoms. The lowest BCUT2D eigenvalue weighted by atomic mass is 9.97. The van der Waals surface area contributed by atoms with E-state index in [9.17, 15) is 9.59 Å². The number of piperazine rings is 1. The maximum Gasteiger partial charge on any atom is 0.245 e. The minimum Gasteiger partial charge on any atom is -0.370 e. The van der Waals surface area contributed by atoms with Gasteiger partial charge in [-0.25, -0.2) is 0 Å². The standard InChI is InChI=1S/C28H40N8O2S/c29-27(30)33-13-4-3-8-22-18-39-24-17-35(15-12-19-10-11-20-6-1-2-7-21(20)16-19)26(38)23(36(24)25(22)37)9-5-14-34-28(31)32/h1-2,6-7,10-11,16,22-24H,3-5,8-9,12-15,17-18H2,(H4,29,30,33)(H4,31,32,34)/t22-,23-,24-/m0/s1. The number of nitrogens with two attached hydrogens (primary N) is 4. The van der Waals surface area contributed by atoms with Crippen LogP contribution in [0, 0.1) is 5.92 Å². The Kier molecular flexibility index (Phi) is 9.91. The summed E-state index contributed by atoms with van der Waals surface area (Å²) >= 11 is 1.78. The lowest BCUT2D eigenvalue weighted by molar-refractivity contribution is -0.155. The second kappa shape index (κ2) is 13.5. The van der Waals surface area contributed by atoms with Crippen LogP contribution in [-0.4, -0.2) is 76.9 Å². The van der Waals surface area contributed by atoms with Gasteiger partial charge in [0.2, 0.25) is 11.8 Å². The summed E-state index contributed by atoms with van der Waals surface area (Å²) in [6.07, 6.45) is 4.35. The number of fused-ring (bicyclic) bond motifs is 2. The lowest BCUT2D eigenvalue weighted by Crippen LogP contribution is -2.65. The van der Waals surface area contributed by atoms with Gasteiger partial charge in [-0.2, -0.15) is 0 Å². The summed E-state index contributed by atoms with van der Waals surface area (Å²) in [6.45, 7) is 2.15. The quantitative estimate of drug-likeness (QED) is 0.176. The van der Waals surface area contributed by atoms with Crippen LogP contribution in [-0.2, 0) is 16.0 Å². The highest BCUT2D eigenvalue weighted by Crippen LogP contribution is 2.36. The van der Waals surface area contributed by atoms with E-state index in [0.717, 1.165) is 31.4 Å². The van der Waals surface area contributed by atoms with Gasteiger partial charge in [0.1, 0.15) is 6.04 Å². The summed E-state index contributed by atoms with van der Waals surface area (Å²) in [4.78, 5) is 39.3. The fourth-order valence-electron chi connectivity index (χ4n) is 5.37. The third-order valence-electron chi connectivity index (χ3n) is 7.38. The van der Waals surface area contributed by atoms with Crippen molar-refractivity contribution in [3.8, 4) is 0 Å². The average Bonchev–Trinajstić information content (AvgIpc) is 2.91. The molecule has 2 aliphatic rings. The van der Waals surface area contributed by atoms with Crippen molar-refractivity contribution in [2.24, 2.45) is 38.8 Å². The maximum absolute atomic E-state index is 13.8. The third-order valence-corrected chi connectivity index (χ3v) is 8.74. The predicted octanol–water partition coefficient (Wildman–Crippen LogP) is 1.61. The van der Waals surface area contributed by atoms with E-state index in [2.05, 4.69) is 40.3 Å². The Balaban J connectivity index is 1.42. The number of carbonyl (C=O) groups excluding carboxylic acids is 2. The molecule has 4 rings (SSSR count). The van der Waals surface area contributed by atoms with Crippen LogP contribution >= 0.6 is 11.8 Å². The molecule has 2 fully saturated rings. The van der Waals surface area contributed by atoms with Crippen LogP contribution < -0.4 is 22.9 Å². The van der Waals surface area contributed by atoms with Gasteiger partial charge in [0, 0.05) is 31.3 Å². The first kappa shape index (κ1) is 28.5. The molecule has 0 aliphatic carbocycles. The van der Waals surface area contributed by atoms with Crippen molar-refractivity contribution in [2.75, 3.05) is 31.9 Å². The van der Waals surface area contributed by atoms with Gasteiger partial charge in [-0.15, -0.1) is 11.8 Å². The van der Waals surface area contributed by atoms with Crippen LogP contribution in [0.25, 0.3) is 10.8 Å². The van der Waals surface area contributed by atoms with Crippen molar-refractivity contribution < 1.29 is 9.59 Å². The molecule has 2 saturated heterocycles. The van der Waals surface area contributed by atoms with Gasteiger partial charge in [-0.05, 0) is 48.4 Å². The van der Waals surface area contributed by atoms with Crippen LogP contribution in [0.5, 0.6) is 0 Å². The summed E-state index contributed by atoms with van der Waals surface area (Å²) in [5.74, 6) is 0.861. The first-order valence-electron chi connectivity index (χ1n) is 13.6. The minimum absolute atomic E-state index is 0.0131. The largest absolute Gasteiger partial charge is 0.370 e. The molecule has 3 atom stereocenters. The molecule has 0 radical (unpaired) electrons. The minimum atomic E-state index is -0.501. The highest BCUT2D eigenvalue weighted by molar-refractivity contribution is 8.00. The van der Waals surface area contributed by atoms with Crippen molar-refractivity contribution in [3.63, 3.8) is 0 Å². The van der Waals surface area contributed by atoms with Crippen LogP contribution in [0.15, 0.2) is 52.4 Å². The van der Waals surface area contributed by atoms with Crippen LogP contribution in [0.3, 0.4) is 0 Å². The van der Waals surface area contributed by atoms with Crippen molar-refractivity contribution in [2.45, 2.75) is 49.9 Å². The van der Waals surface area contributed by atoms with E-state index in [0.29, 0.717) is 39.0 Å². The molecule has 0 saturated carbocycles. The van der Waals surface area contributed by atoms with Gasteiger partial charge in [-0.3, -0.25) is 19.6 Å². The number of benzene rings is 2. The van der Waals surface area contributed by atoms with Crippen LogP contribution in [0.1, 0.15) is 37.7 Å². The second-order valence-corrected chi connectivity index (χ2v) is 11.4. The van der Waals surface area contributed by atoms with Crippen molar-refractivity contribution in [3.05, 3.63) is 48.0 Å². The maximum atomic E-state index is 13.8.